The Bertz CT molecular complexity index is 1150. The number of nitrogens with two attached hydrogens (primary N) is 1. The fourth-order valence-electron chi connectivity index (χ4n) is 3.79. The Kier molecular flexibility index (Phi) is 4.56. The average molecular weight is 405 g/mol. The van der Waals surface area contributed by atoms with E-state index in [-0.39, 0.29) is 0 Å². The number of halogens is 1. The van der Waals surface area contributed by atoms with Crippen molar-refractivity contribution < 1.29 is 0 Å². The third-order valence-corrected chi connectivity index (χ3v) is 5.56. The molecule has 4 aromatic rings. The van der Waals surface area contributed by atoms with Crippen LogP contribution in [0.4, 0.5) is 11.8 Å². The Morgan fingerprint density at radius 3 is 2.38 bits per heavy atom. The van der Waals surface area contributed by atoms with Gasteiger partial charge in [-0.05, 0) is 30.5 Å². The molecule has 2 aromatic carbocycles. The van der Waals surface area contributed by atoms with E-state index < -0.39 is 0 Å². The number of benzene rings is 2. The van der Waals surface area contributed by atoms with Crippen LogP contribution in [0.5, 0.6) is 0 Å². The summed E-state index contributed by atoms with van der Waals surface area (Å²) in [6.07, 6.45) is 2.31. The van der Waals surface area contributed by atoms with Gasteiger partial charge in [-0.15, -0.1) is 5.10 Å². The number of rotatable bonds is 4. The molecule has 146 valence electrons. The first kappa shape index (κ1) is 17.9. The Labute approximate surface area is 173 Å². The minimum absolute atomic E-state index is 0.571. The van der Waals surface area contributed by atoms with Gasteiger partial charge < -0.3 is 10.6 Å². The number of nitrogen functional groups attached to an aromatic ring is 1. The molecule has 1 fully saturated rings. The number of fused-ring (bicyclic) bond motifs is 1. The van der Waals surface area contributed by atoms with Crippen LogP contribution < -0.4 is 10.6 Å². The summed E-state index contributed by atoms with van der Waals surface area (Å²) < 4.78 is 1.81. The van der Waals surface area contributed by atoms with Gasteiger partial charge in [0.25, 0.3) is 0 Å². The van der Waals surface area contributed by atoms with Gasteiger partial charge >= 0.3 is 0 Å². The van der Waals surface area contributed by atoms with E-state index in [1.807, 2.05) is 47.1 Å². The van der Waals surface area contributed by atoms with Crippen LogP contribution in [0.1, 0.15) is 18.4 Å². The van der Waals surface area contributed by atoms with Crippen molar-refractivity contribution in [3.8, 4) is 11.3 Å². The molecule has 1 saturated heterocycles. The third-order valence-electron chi connectivity index (χ3n) is 5.31. The average Bonchev–Trinajstić information content (AvgIpc) is 3.38. The normalized spacial score (nSPS) is 14.0. The monoisotopic (exact) mass is 404 g/mol. The maximum absolute atomic E-state index is 6.54. The summed E-state index contributed by atoms with van der Waals surface area (Å²) in [6.45, 7) is 2.51. The lowest BCUT2D eigenvalue weighted by Gasteiger charge is -2.16. The van der Waals surface area contributed by atoms with Crippen LogP contribution in [0, 0.1) is 0 Å². The zero-order valence-electron chi connectivity index (χ0n) is 15.9. The zero-order chi connectivity index (χ0) is 19.8. The molecule has 0 unspecified atom stereocenters. The van der Waals surface area contributed by atoms with Crippen molar-refractivity contribution >= 4 is 34.4 Å². The number of aromatic nitrogens is 4. The van der Waals surface area contributed by atoms with Crippen LogP contribution >= 0.6 is 11.6 Å². The molecule has 1 aliphatic heterocycles. The minimum Gasteiger partial charge on any atom is -0.383 e. The summed E-state index contributed by atoms with van der Waals surface area (Å²) >= 11 is 6.10. The molecule has 0 aliphatic carbocycles. The Balaban J connectivity index is 1.68. The second-order valence-corrected chi connectivity index (χ2v) is 7.74. The van der Waals surface area contributed by atoms with Crippen LogP contribution in [0.25, 0.3) is 22.3 Å². The Morgan fingerprint density at radius 1 is 0.931 bits per heavy atom. The van der Waals surface area contributed by atoms with Crippen LogP contribution in [0.3, 0.4) is 0 Å². The van der Waals surface area contributed by atoms with Gasteiger partial charge in [0.1, 0.15) is 5.82 Å². The Morgan fingerprint density at radius 2 is 1.66 bits per heavy atom. The minimum atomic E-state index is 0.571. The molecule has 2 N–H and O–H groups in total. The van der Waals surface area contributed by atoms with Crippen molar-refractivity contribution in [2.45, 2.75) is 19.4 Å². The van der Waals surface area contributed by atoms with Crippen LogP contribution in [0.15, 0.2) is 54.6 Å². The standard InChI is InChI=1S/C22H21ClN6/c23-17-10-8-16(9-11-17)19-18-20(24)29(14-15-6-2-1-3-7-15)27-21(18)26-22(25-19)28-12-4-5-13-28/h1-3,6-11H,4-5,12-14,24H2. The molecule has 3 heterocycles. The fourth-order valence-corrected chi connectivity index (χ4v) is 3.92. The lowest BCUT2D eigenvalue weighted by molar-refractivity contribution is 0.703. The van der Waals surface area contributed by atoms with Crippen molar-refractivity contribution in [1.29, 1.82) is 0 Å². The van der Waals surface area contributed by atoms with E-state index in [0.717, 1.165) is 48.1 Å². The lowest BCUT2D eigenvalue weighted by atomic mass is 10.1. The molecule has 0 spiro atoms. The van der Waals surface area contributed by atoms with Crippen molar-refractivity contribution in [3.05, 3.63) is 65.2 Å². The molecule has 2 aromatic heterocycles. The molecule has 0 saturated carbocycles. The second-order valence-electron chi connectivity index (χ2n) is 7.30. The molecule has 6 nitrogen and oxygen atoms in total. The van der Waals surface area contributed by atoms with Crippen molar-refractivity contribution in [2.24, 2.45) is 0 Å². The van der Waals surface area contributed by atoms with Crippen molar-refractivity contribution in [1.82, 2.24) is 19.7 Å². The highest BCUT2D eigenvalue weighted by Gasteiger charge is 2.22. The van der Waals surface area contributed by atoms with Gasteiger partial charge in [0.15, 0.2) is 5.65 Å². The quantitative estimate of drug-likeness (QED) is 0.546. The highest BCUT2D eigenvalue weighted by molar-refractivity contribution is 6.30. The van der Waals surface area contributed by atoms with E-state index in [4.69, 9.17) is 32.4 Å². The molecule has 5 rings (SSSR count). The summed E-state index contributed by atoms with van der Waals surface area (Å²) in [7, 11) is 0. The van der Waals surface area contributed by atoms with E-state index >= 15 is 0 Å². The number of anilines is 2. The summed E-state index contributed by atoms with van der Waals surface area (Å²) in [5.41, 5.74) is 10.0. The summed E-state index contributed by atoms with van der Waals surface area (Å²) in [6, 6.07) is 17.8. The third kappa shape index (κ3) is 3.40. The van der Waals surface area contributed by atoms with E-state index in [1.165, 1.54) is 0 Å². The van der Waals surface area contributed by atoms with Gasteiger partial charge in [0.05, 0.1) is 17.6 Å². The van der Waals surface area contributed by atoms with Crippen LogP contribution in [-0.2, 0) is 6.54 Å². The number of nitrogens with zero attached hydrogens (tertiary/aromatic N) is 5. The SMILES string of the molecule is Nc1c2c(-c3ccc(Cl)cc3)nc(N3CCCC3)nc2nn1Cc1ccccc1. The fraction of sp³-hybridized carbons (Fsp3) is 0.227. The molecule has 1 aliphatic rings. The summed E-state index contributed by atoms with van der Waals surface area (Å²) in [5, 5.41) is 6.20. The molecule has 7 heteroatoms. The van der Waals surface area contributed by atoms with Gasteiger partial charge in [-0.2, -0.15) is 4.98 Å². The molecule has 29 heavy (non-hydrogen) atoms. The number of hydrogen-bond donors (Lipinski definition) is 1. The van der Waals surface area contributed by atoms with Crippen molar-refractivity contribution in [3.63, 3.8) is 0 Å². The zero-order valence-corrected chi connectivity index (χ0v) is 16.7. The molecule has 0 radical (unpaired) electrons. The highest BCUT2D eigenvalue weighted by Crippen LogP contribution is 2.33. The molecule has 0 amide bonds. The van der Waals surface area contributed by atoms with E-state index in [9.17, 15) is 0 Å². The largest absolute Gasteiger partial charge is 0.383 e. The molecular weight excluding hydrogens is 384 g/mol. The molecular formula is C22H21ClN6. The van der Waals surface area contributed by atoms with Crippen LogP contribution in [-0.4, -0.2) is 32.8 Å². The van der Waals surface area contributed by atoms with Gasteiger partial charge in [-0.3, -0.25) is 0 Å². The van der Waals surface area contributed by atoms with E-state index in [1.54, 1.807) is 0 Å². The van der Waals surface area contributed by atoms with Gasteiger partial charge in [-0.25, -0.2) is 9.67 Å². The first-order valence-corrected chi connectivity index (χ1v) is 10.2. The predicted molar refractivity (Wildman–Crippen MR) is 117 cm³/mol. The number of hydrogen-bond acceptors (Lipinski definition) is 5. The predicted octanol–water partition coefficient (Wildman–Crippen LogP) is 4.38. The van der Waals surface area contributed by atoms with Gasteiger partial charge in [0, 0.05) is 23.7 Å². The molecule has 0 bridgehead atoms. The summed E-state index contributed by atoms with van der Waals surface area (Å²) in [4.78, 5) is 11.9. The van der Waals surface area contributed by atoms with Crippen molar-refractivity contribution in [2.75, 3.05) is 23.7 Å². The smallest absolute Gasteiger partial charge is 0.228 e. The topological polar surface area (TPSA) is 72.9 Å². The van der Waals surface area contributed by atoms with E-state index in [2.05, 4.69) is 17.0 Å². The second kappa shape index (κ2) is 7.37. The highest BCUT2D eigenvalue weighted by atomic mass is 35.5. The lowest BCUT2D eigenvalue weighted by Crippen LogP contribution is -2.20. The van der Waals surface area contributed by atoms with E-state index in [0.29, 0.717) is 29.0 Å². The maximum Gasteiger partial charge on any atom is 0.228 e. The van der Waals surface area contributed by atoms with Crippen LogP contribution in [0.2, 0.25) is 5.02 Å². The first-order chi connectivity index (χ1) is 14.2. The first-order valence-electron chi connectivity index (χ1n) is 9.78. The van der Waals surface area contributed by atoms with Gasteiger partial charge in [-0.1, -0.05) is 54.1 Å². The molecule has 0 atom stereocenters. The Hall–Kier alpha value is -3.12. The summed E-state index contributed by atoms with van der Waals surface area (Å²) in [5.74, 6) is 1.28. The van der Waals surface area contributed by atoms with Gasteiger partial charge in [0.2, 0.25) is 5.95 Å². The maximum atomic E-state index is 6.54.